The molecule has 19 heavy (non-hydrogen) atoms. The predicted molar refractivity (Wildman–Crippen MR) is 75.2 cm³/mol. The Bertz CT molecular complexity index is 432. The first-order chi connectivity index (χ1) is 8.75. The average molecular weight is 384 g/mol. The van der Waals surface area contributed by atoms with Crippen molar-refractivity contribution in [3.8, 4) is 0 Å². The van der Waals surface area contributed by atoms with Gasteiger partial charge in [-0.1, -0.05) is 26.0 Å². The monoisotopic (exact) mass is 384 g/mol. The van der Waals surface area contributed by atoms with Crippen LogP contribution >= 0.6 is 22.6 Å². The summed E-state index contributed by atoms with van der Waals surface area (Å²) < 4.78 is 33.2. The van der Waals surface area contributed by atoms with E-state index >= 15 is 0 Å². The molecule has 1 rings (SSSR count). The number of carbonyl (C=O) groups is 1. The van der Waals surface area contributed by atoms with Gasteiger partial charge in [-0.3, -0.25) is 0 Å². The zero-order valence-electron chi connectivity index (χ0n) is 10.6. The van der Waals surface area contributed by atoms with E-state index in [9.17, 15) is 13.6 Å². The molecule has 3 nitrogen and oxygen atoms in total. The number of alkyl halides is 2. The highest BCUT2D eigenvalue weighted by molar-refractivity contribution is 14.1. The normalized spacial score (nSPS) is 13.6. The molecule has 0 saturated heterocycles. The number of aliphatic carboxylic acids is 1. The van der Waals surface area contributed by atoms with E-state index in [1.54, 1.807) is 12.1 Å². The van der Waals surface area contributed by atoms with Crippen molar-refractivity contribution in [3.63, 3.8) is 0 Å². The summed E-state index contributed by atoms with van der Waals surface area (Å²) in [5, 5.41) is 8.56. The van der Waals surface area contributed by atoms with Gasteiger partial charge in [-0.2, -0.15) is 8.78 Å². The van der Waals surface area contributed by atoms with Gasteiger partial charge in [0, 0.05) is 3.57 Å². The molecule has 0 aliphatic carbocycles. The molecule has 0 spiro atoms. The molecule has 0 aromatic heterocycles. The van der Waals surface area contributed by atoms with Crippen LogP contribution in [-0.4, -0.2) is 23.1 Å². The first-order valence-electron chi connectivity index (χ1n) is 5.72. The molecule has 0 aliphatic heterocycles. The van der Waals surface area contributed by atoms with Crippen molar-refractivity contribution in [3.05, 3.63) is 33.4 Å². The SMILES string of the molecule is CC(C)C(OCc1ccc(I)cc1)C(F)(F)C(=O)O. The van der Waals surface area contributed by atoms with Gasteiger partial charge in [0.2, 0.25) is 0 Å². The molecule has 0 saturated carbocycles. The Hall–Kier alpha value is -0.760. The lowest BCUT2D eigenvalue weighted by atomic mass is 10.0. The third-order valence-corrected chi connectivity index (χ3v) is 3.31. The van der Waals surface area contributed by atoms with Gasteiger partial charge in [0.25, 0.3) is 0 Å². The zero-order chi connectivity index (χ0) is 14.6. The van der Waals surface area contributed by atoms with Crippen molar-refractivity contribution >= 4 is 28.6 Å². The minimum absolute atomic E-state index is 0.0391. The largest absolute Gasteiger partial charge is 0.477 e. The third-order valence-electron chi connectivity index (χ3n) is 2.59. The van der Waals surface area contributed by atoms with E-state index in [0.29, 0.717) is 0 Å². The molecule has 106 valence electrons. The van der Waals surface area contributed by atoms with Crippen LogP contribution in [0.4, 0.5) is 8.78 Å². The van der Waals surface area contributed by atoms with E-state index < -0.39 is 23.9 Å². The highest BCUT2D eigenvalue weighted by atomic mass is 127. The molecular weight excluding hydrogens is 369 g/mol. The van der Waals surface area contributed by atoms with Gasteiger partial charge < -0.3 is 9.84 Å². The molecule has 0 fully saturated rings. The number of hydrogen-bond donors (Lipinski definition) is 1. The van der Waals surface area contributed by atoms with Crippen LogP contribution in [0.1, 0.15) is 19.4 Å². The van der Waals surface area contributed by atoms with Crippen molar-refractivity contribution in [2.45, 2.75) is 32.5 Å². The molecule has 1 aromatic rings. The Balaban J connectivity index is 2.75. The summed E-state index contributed by atoms with van der Waals surface area (Å²) >= 11 is 2.13. The fraction of sp³-hybridized carbons (Fsp3) is 0.462. The maximum Gasteiger partial charge on any atom is 0.377 e. The van der Waals surface area contributed by atoms with Crippen LogP contribution in [0.2, 0.25) is 0 Å². The Labute approximate surface area is 124 Å². The van der Waals surface area contributed by atoms with Crippen LogP contribution in [0.3, 0.4) is 0 Å². The summed E-state index contributed by atoms with van der Waals surface area (Å²) in [5.41, 5.74) is 0.729. The van der Waals surface area contributed by atoms with E-state index in [2.05, 4.69) is 22.6 Å². The molecular formula is C13H15F2IO3. The van der Waals surface area contributed by atoms with E-state index in [1.807, 2.05) is 12.1 Å². The number of hydrogen-bond acceptors (Lipinski definition) is 2. The summed E-state index contributed by atoms with van der Waals surface area (Å²) in [6.07, 6.45) is -1.65. The van der Waals surface area contributed by atoms with Gasteiger partial charge in [0.1, 0.15) is 6.10 Å². The van der Waals surface area contributed by atoms with Crippen molar-refractivity contribution in [2.24, 2.45) is 5.92 Å². The van der Waals surface area contributed by atoms with Crippen LogP contribution in [-0.2, 0) is 16.1 Å². The number of carboxylic acids is 1. The Morgan fingerprint density at radius 3 is 2.32 bits per heavy atom. The van der Waals surface area contributed by atoms with Crippen LogP contribution in [0.15, 0.2) is 24.3 Å². The molecule has 1 aromatic carbocycles. The molecule has 1 atom stereocenters. The molecule has 0 radical (unpaired) electrons. The standard InChI is InChI=1S/C13H15F2IO3/c1-8(2)11(13(14,15)12(17)18)19-7-9-3-5-10(16)6-4-9/h3-6,8,11H,7H2,1-2H3,(H,17,18). The molecule has 0 aliphatic rings. The fourth-order valence-corrected chi connectivity index (χ4v) is 1.96. The van der Waals surface area contributed by atoms with Crippen molar-refractivity contribution in [2.75, 3.05) is 0 Å². The zero-order valence-corrected chi connectivity index (χ0v) is 12.7. The van der Waals surface area contributed by atoms with Crippen molar-refractivity contribution in [1.82, 2.24) is 0 Å². The first kappa shape index (κ1) is 16.3. The third kappa shape index (κ3) is 4.38. The lowest BCUT2D eigenvalue weighted by molar-refractivity contribution is -0.197. The van der Waals surface area contributed by atoms with E-state index in [0.717, 1.165) is 9.13 Å². The minimum atomic E-state index is -3.89. The van der Waals surface area contributed by atoms with Crippen molar-refractivity contribution < 1.29 is 23.4 Å². The van der Waals surface area contributed by atoms with Gasteiger partial charge in [-0.05, 0) is 46.2 Å². The summed E-state index contributed by atoms with van der Waals surface area (Å²) in [6, 6.07) is 7.19. The lowest BCUT2D eigenvalue weighted by Gasteiger charge is -2.26. The molecule has 0 amide bonds. The predicted octanol–water partition coefficient (Wildman–Crippen LogP) is 3.55. The average Bonchev–Trinajstić information content (AvgIpc) is 2.30. The molecule has 6 heteroatoms. The van der Waals surface area contributed by atoms with Crippen LogP contribution in [0, 0.1) is 9.49 Å². The second kappa shape index (κ2) is 6.60. The smallest absolute Gasteiger partial charge is 0.377 e. The molecule has 0 bridgehead atoms. The summed E-state index contributed by atoms with van der Waals surface area (Å²) in [5.74, 6) is -6.65. The number of carboxylic acid groups (broad SMARTS) is 1. The van der Waals surface area contributed by atoms with Crippen LogP contribution in [0.5, 0.6) is 0 Å². The summed E-state index contributed by atoms with van der Waals surface area (Å²) in [4.78, 5) is 10.6. The molecule has 1 unspecified atom stereocenters. The van der Waals surface area contributed by atoms with Crippen LogP contribution < -0.4 is 0 Å². The maximum absolute atomic E-state index is 13.5. The number of benzene rings is 1. The lowest BCUT2D eigenvalue weighted by Crippen LogP contribution is -2.46. The van der Waals surface area contributed by atoms with E-state index in [-0.39, 0.29) is 6.61 Å². The van der Waals surface area contributed by atoms with Crippen LogP contribution in [0.25, 0.3) is 0 Å². The summed E-state index contributed by atoms with van der Waals surface area (Å²) in [6.45, 7) is 2.98. The van der Waals surface area contributed by atoms with E-state index in [4.69, 9.17) is 9.84 Å². The highest BCUT2D eigenvalue weighted by Gasteiger charge is 2.49. The second-order valence-corrected chi connectivity index (χ2v) is 5.78. The van der Waals surface area contributed by atoms with Crippen molar-refractivity contribution in [1.29, 1.82) is 0 Å². The number of rotatable bonds is 6. The minimum Gasteiger partial charge on any atom is -0.477 e. The Kier molecular flexibility index (Phi) is 5.66. The Morgan fingerprint density at radius 2 is 1.89 bits per heavy atom. The van der Waals surface area contributed by atoms with Gasteiger partial charge in [0.05, 0.1) is 6.61 Å². The van der Waals surface area contributed by atoms with E-state index in [1.165, 1.54) is 13.8 Å². The van der Waals surface area contributed by atoms with Gasteiger partial charge >= 0.3 is 11.9 Å². The summed E-state index contributed by atoms with van der Waals surface area (Å²) in [7, 11) is 0. The van der Waals surface area contributed by atoms with Gasteiger partial charge in [0.15, 0.2) is 0 Å². The highest BCUT2D eigenvalue weighted by Crippen LogP contribution is 2.28. The maximum atomic E-state index is 13.5. The second-order valence-electron chi connectivity index (χ2n) is 4.53. The Morgan fingerprint density at radius 1 is 1.37 bits per heavy atom. The number of halogens is 3. The fourth-order valence-electron chi connectivity index (χ4n) is 1.60. The first-order valence-corrected chi connectivity index (χ1v) is 6.80. The molecule has 1 N–H and O–H groups in total. The number of ether oxygens (including phenoxy) is 1. The quantitative estimate of drug-likeness (QED) is 0.764. The van der Waals surface area contributed by atoms with Gasteiger partial charge in [-0.15, -0.1) is 0 Å². The molecule has 0 heterocycles. The van der Waals surface area contributed by atoms with Gasteiger partial charge in [-0.25, -0.2) is 4.79 Å². The topological polar surface area (TPSA) is 46.5 Å².